The summed E-state index contributed by atoms with van der Waals surface area (Å²) in [6.07, 6.45) is -0.399. The number of piperidine rings is 1. The zero-order chi connectivity index (χ0) is 14.0. The van der Waals surface area contributed by atoms with Crippen LogP contribution >= 0.6 is 0 Å². The lowest BCUT2D eigenvalue weighted by molar-refractivity contribution is -0.0937. The number of aryl methyl sites for hydroxylation is 1. The van der Waals surface area contributed by atoms with Crippen LogP contribution in [-0.2, 0) is 14.8 Å². The van der Waals surface area contributed by atoms with Crippen molar-refractivity contribution in [1.82, 2.24) is 4.31 Å². The number of benzene rings is 1. The standard InChI is InChI=1S/C13H19NO4S/c1-10-5-7-11(8-6-10)19(16,17)14-9-3-4-12(15)13(14)18-2/h5-8,12-13,15H,3-4,9H2,1-2H3/t12-,13+/m0/s1. The zero-order valence-corrected chi connectivity index (χ0v) is 11.9. The fourth-order valence-corrected chi connectivity index (χ4v) is 3.92. The van der Waals surface area contributed by atoms with Crippen molar-refractivity contribution in [2.45, 2.75) is 37.0 Å². The van der Waals surface area contributed by atoms with Crippen LogP contribution < -0.4 is 0 Å². The molecule has 1 N–H and O–H groups in total. The molecule has 2 rings (SSSR count). The summed E-state index contributed by atoms with van der Waals surface area (Å²) in [5, 5.41) is 9.86. The minimum Gasteiger partial charge on any atom is -0.389 e. The Labute approximate surface area is 113 Å². The first-order valence-electron chi connectivity index (χ1n) is 6.26. The van der Waals surface area contributed by atoms with Crippen LogP contribution in [-0.4, -0.2) is 43.8 Å². The molecule has 0 aliphatic carbocycles. The molecule has 19 heavy (non-hydrogen) atoms. The lowest BCUT2D eigenvalue weighted by atomic mass is 10.1. The molecule has 0 saturated carbocycles. The van der Waals surface area contributed by atoms with E-state index < -0.39 is 22.4 Å². The minimum absolute atomic E-state index is 0.231. The topological polar surface area (TPSA) is 66.8 Å². The summed E-state index contributed by atoms with van der Waals surface area (Å²) < 4.78 is 31.5. The molecule has 5 nitrogen and oxygen atoms in total. The Bertz CT molecular complexity index is 526. The van der Waals surface area contributed by atoms with Gasteiger partial charge in [0.05, 0.1) is 11.0 Å². The third-order valence-electron chi connectivity index (χ3n) is 3.36. The number of nitrogens with zero attached hydrogens (tertiary/aromatic N) is 1. The summed E-state index contributed by atoms with van der Waals surface area (Å²) in [4.78, 5) is 0.231. The molecule has 1 heterocycles. The van der Waals surface area contributed by atoms with E-state index in [1.54, 1.807) is 24.3 Å². The maximum atomic E-state index is 12.5. The highest BCUT2D eigenvalue weighted by Gasteiger charge is 2.38. The Kier molecular flexibility index (Phi) is 4.25. The molecule has 0 spiro atoms. The van der Waals surface area contributed by atoms with Gasteiger partial charge in [-0.05, 0) is 31.9 Å². The van der Waals surface area contributed by atoms with Crippen molar-refractivity contribution in [3.63, 3.8) is 0 Å². The van der Waals surface area contributed by atoms with E-state index in [0.29, 0.717) is 19.4 Å². The first-order valence-corrected chi connectivity index (χ1v) is 7.70. The van der Waals surface area contributed by atoms with Gasteiger partial charge in [0.2, 0.25) is 10.0 Å². The quantitative estimate of drug-likeness (QED) is 0.903. The average molecular weight is 285 g/mol. The highest BCUT2D eigenvalue weighted by atomic mass is 32.2. The molecule has 1 aromatic carbocycles. The van der Waals surface area contributed by atoms with Gasteiger partial charge in [-0.2, -0.15) is 4.31 Å². The fraction of sp³-hybridized carbons (Fsp3) is 0.538. The van der Waals surface area contributed by atoms with E-state index in [1.165, 1.54) is 11.4 Å². The summed E-state index contributed by atoms with van der Waals surface area (Å²) >= 11 is 0. The molecule has 1 saturated heterocycles. The number of methoxy groups -OCH3 is 1. The van der Waals surface area contributed by atoms with Gasteiger partial charge < -0.3 is 9.84 Å². The van der Waals surface area contributed by atoms with Crippen LogP contribution in [0.2, 0.25) is 0 Å². The second kappa shape index (κ2) is 5.58. The fourth-order valence-electron chi connectivity index (χ4n) is 2.30. The Balaban J connectivity index is 2.35. The van der Waals surface area contributed by atoms with Crippen molar-refractivity contribution in [1.29, 1.82) is 0 Å². The van der Waals surface area contributed by atoms with Crippen LogP contribution in [0.5, 0.6) is 0 Å². The predicted molar refractivity (Wildman–Crippen MR) is 71.1 cm³/mol. The normalized spacial score (nSPS) is 25.4. The third kappa shape index (κ3) is 2.81. The number of aliphatic hydroxyl groups is 1. The van der Waals surface area contributed by atoms with Crippen LogP contribution in [0.3, 0.4) is 0 Å². The summed E-state index contributed by atoms with van der Waals surface area (Å²) in [5.41, 5.74) is 1.00. The van der Waals surface area contributed by atoms with Gasteiger partial charge in [0.25, 0.3) is 0 Å². The van der Waals surface area contributed by atoms with E-state index in [-0.39, 0.29) is 4.90 Å². The molecule has 6 heteroatoms. The largest absolute Gasteiger partial charge is 0.389 e. The molecule has 1 aliphatic rings. The molecule has 106 valence electrons. The Morgan fingerprint density at radius 1 is 1.32 bits per heavy atom. The SMILES string of the molecule is CO[C@@H]1[C@@H](O)CCCN1S(=O)(=O)c1ccc(C)cc1. The van der Waals surface area contributed by atoms with E-state index in [9.17, 15) is 13.5 Å². The van der Waals surface area contributed by atoms with Crippen LogP contribution in [0.25, 0.3) is 0 Å². The Hall–Kier alpha value is -0.950. The monoisotopic (exact) mass is 285 g/mol. The predicted octanol–water partition coefficient (Wildman–Crippen LogP) is 1.11. The van der Waals surface area contributed by atoms with Crippen molar-refractivity contribution in [2.75, 3.05) is 13.7 Å². The van der Waals surface area contributed by atoms with Gasteiger partial charge in [0.15, 0.2) is 0 Å². The maximum Gasteiger partial charge on any atom is 0.245 e. The molecular formula is C13H19NO4S. The molecule has 0 unspecified atom stereocenters. The average Bonchev–Trinajstić information content (AvgIpc) is 2.39. The first-order chi connectivity index (χ1) is 8.96. The van der Waals surface area contributed by atoms with E-state index >= 15 is 0 Å². The van der Waals surface area contributed by atoms with Crippen molar-refractivity contribution < 1.29 is 18.3 Å². The molecular weight excluding hydrogens is 266 g/mol. The van der Waals surface area contributed by atoms with E-state index in [4.69, 9.17) is 4.74 Å². The number of hydrogen-bond acceptors (Lipinski definition) is 4. The zero-order valence-electron chi connectivity index (χ0n) is 11.1. The van der Waals surface area contributed by atoms with E-state index in [1.807, 2.05) is 6.92 Å². The molecule has 0 bridgehead atoms. The van der Waals surface area contributed by atoms with Crippen molar-refractivity contribution in [3.8, 4) is 0 Å². The summed E-state index contributed by atoms with van der Waals surface area (Å²) in [7, 11) is -2.21. The maximum absolute atomic E-state index is 12.5. The number of sulfonamides is 1. The van der Waals surface area contributed by atoms with Gasteiger partial charge in [-0.3, -0.25) is 0 Å². The number of hydrogen-bond donors (Lipinski definition) is 1. The van der Waals surface area contributed by atoms with Crippen LogP contribution in [0, 0.1) is 6.92 Å². The molecule has 1 aliphatic heterocycles. The van der Waals surface area contributed by atoms with E-state index in [2.05, 4.69) is 0 Å². The van der Waals surface area contributed by atoms with Crippen LogP contribution in [0.1, 0.15) is 18.4 Å². The van der Waals surface area contributed by atoms with Crippen LogP contribution in [0.4, 0.5) is 0 Å². The summed E-state index contributed by atoms with van der Waals surface area (Å²) in [6.45, 7) is 2.27. The molecule has 0 aromatic heterocycles. The first kappa shape index (κ1) is 14.5. The molecule has 0 radical (unpaired) electrons. The number of rotatable bonds is 3. The lowest BCUT2D eigenvalue weighted by Crippen LogP contribution is -2.51. The second-order valence-corrected chi connectivity index (χ2v) is 6.66. The molecule has 0 amide bonds. The van der Waals surface area contributed by atoms with Gasteiger partial charge in [0, 0.05) is 13.7 Å². The van der Waals surface area contributed by atoms with Crippen molar-refractivity contribution in [3.05, 3.63) is 29.8 Å². The van der Waals surface area contributed by atoms with Crippen LogP contribution in [0.15, 0.2) is 29.2 Å². The van der Waals surface area contributed by atoms with Gasteiger partial charge in [0.1, 0.15) is 6.23 Å². The van der Waals surface area contributed by atoms with Gasteiger partial charge in [-0.1, -0.05) is 17.7 Å². The van der Waals surface area contributed by atoms with Gasteiger partial charge in [-0.15, -0.1) is 0 Å². The van der Waals surface area contributed by atoms with Gasteiger partial charge >= 0.3 is 0 Å². The lowest BCUT2D eigenvalue weighted by Gasteiger charge is -2.36. The minimum atomic E-state index is -3.62. The summed E-state index contributed by atoms with van der Waals surface area (Å²) in [6, 6.07) is 6.68. The number of aliphatic hydroxyl groups excluding tert-OH is 1. The second-order valence-electron chi connectivity index (χ2n) is 4.76. The number of ether oxygens (including phenoxy) is 1. The smallest absolute Gasteiger partial charge is 0.245 e. The van der Waals surface area contributed by atoms with Crippen molar-refractivity contribution in [2.24, 2.45) is 0 Å². The third-order valence-corrected chi connectivity index (χ3v) is 5.24. The van der Waals surface area contributed by atoms with Crippen molar-refractivity contribution >= 4 is 10.0 Å². The highest BCUT2D eigenvalue weighted by Crippen LogP contribution is 2.26. The Morgan fingerprint density at radius 2 is 1.95 bits per heavy atom. The molecule has 1 fully saturated rings. The molecule has 2 atom stereocenters. The molecule has 1 aromatic rings. The van der Waals surface area contributed by atoms with Gasteiger partial charge in [-0.25, -0.2) is 8.42 Å². The van der Waals surface area contributed by atoms with E-state index in [0.717, 1.165) is 5.56 Å². The Morgan fingerprint density at radius 3 is 2.53 bits per heavy atom. The highest BCUT2D eigenvalue weighted by molar-refractivity contribution is 7.89. The summed E-state index contributed by atoms with van der Waals surface area (Å²) in [5.74, 6) is 0.